The summed E-state index contributed by atoms with van der Waals surface area (Å²) in [6.45, 7) is 0.659. The van der Waals surface area contributed by atoms with E-state index in [1.165, 1.54) is 0 Å². The smallest absolute Gasteiger partial charge is 0.159 e. The molecule has 20 heavy (non-hydrogen) atoms. The fourth-order valence-corrected chi connectivity index (χ4v) is 1.88. The van der Waals surface area contributed by atoms with E-state index in [1.54, 1.807) is 4.68 Å². The molecule has 2 heterocycles. The average molecular weight is 265 g/mol. The standard InChI is InChI=1S/C15H15N5/c1-20-8-7-14(19-20)16-9-12-10-17-15(18-11-12)13-5-3-2-4-6-13/h2-8,10-11H,9H2,1H3,(H,16,19). The van der Waals surface area contributed by atoms with Crippen molar-refractivity contribution >= 4 is 5.82 Å². The summed E-state index contributed by atoms with van der Waals surface area (Å²) in [5, 5.41) is 7.48. The lowest BCUT2D eigenvalue weighted by Crippen LogP contribution is -2.02. The molecule has 0 atom stereocenters. The molecule has 0 radical (unpaired) electrons. The van der Waals surface area contributed by atoms with E-state index in [1.807, 2.05) is 62.0 Å². The maximum Gasteiger partial charge on any atom is 0.159 e. The Morgan fingerprint density at radius 1 is 1.05 bits per heavy atom. The van der Waals surface area contributed by atoms with Gasteiger partial charge in [0.2, 0.25) is 0 Å². The third kappa shape index (κ3) is 2.83. The molecule has 0 saturated heterocycles. The molecule has 0 saturated carbocycles. The Kier molecular flexibility index (Phi) is 3.41. The number of hydrogen-bond acceptors (Lipinski definition) is 4. The topological polar surface area (TPSA) is 55.6 Å². The van der Waals surface area contributed by atoms with E-state index in [4.69, 9.17) is 0 Å². The summed E-state index contributed by atoms with van der Waals surface area (Å²) in [5.41, 5.74) is 2.05. The van der Waals surface area contributed by atoms with Gasteiger partial charge in [0.15, 0.2) is 5.82 Å². The molecule has 0 aliphatic heterocycles. The quantitative estimate of drug-likeness (QED) is 0.787. The van der Waals surface area contributed by atoms with Gasteiger partial charge in [0, 0.05) is 49.4 Å². The highest BCUT2D eigenvalue weighted by Crippen LogP contribution is 2.13. The van der Waals surface area contributed by atoms with Crippen molar-refractivity contribution in [3.8, 4) is 11.4 Å². The number of hydrogen-bond donors (Lipinski definition) is 1. The zero-order chi connectivity index (χ0) is 13.8. The Morgan fingerprint density at radius 3 is 2.45 bits per heavy atom. The summed E-state index contributed by atoms with van der Waals surface area (Å²) in [5.74, 6) is 1.59. The molecular weight excluding hydrogens is 250 g/mol. The number of rotatable bonds is 4. The molecular formula is C15H15N5. The summed E-state index contributed by atoms with van der Waals surface area (Å²) in [6.07, 6.45) is 5.58. The zero-order valence-corrected chi connectivity index (χ0v) is 11.2. The lowest BCUT2D eigenvalue weighted by molar-refractivity contribution is 0.768. The van der Waals surface area contributed by atoms with Crippen LogP contribution in [0.5, 0.6) is 0 Å². The fourth-order valence-electron chi connectivity index (χ4n) is 1.88. The molecule has 0 aliphatic rings. The summed E-state index contributed by atoms with van der Waals surface area (Å²) >= 11 is 0. The molecule has 0 aliphatic carbocycles. The minimum atomic E-state index is 0.659. The molecule has 3 rings (SSSR count). The predicted molar refractivity (Wildman–Crippen MR) is 78.0 cm³/mol. The summed E-state index contributed by atoms with van der Waals surface area (Å²) in [7, 11) is 1.89. The van der Waals surface area contributed by atoms with Gasteiger partial charge in [-0.15, -0.1) is 0 Å². The van der Waals surface area contributed by atoms with Crippen molar-refractivity contribution in [2.45, 2.75) is 6.54 Å². The predicted octanol–water partition coefficient (Wildman–Crippen LogP) is 2.49. The number of aryl methyl sites for hydroxylation is 1. The van der Waals surface area contributed by atoms with E-state index in [2.05, 4.69) is 20.4 Å². The Balaban J connectivity index is 1.67. The third-order valence-corrected chi connectivity index (χ3v) is 2.92. The molecule has 5 nitrogen and oxygen atoms in total. The van der Waals surface area contributed by atoms with Crippen LogP contribution in [0.25, 0.3) is 11.4 Å². The molecule has 1 N–H and O–H groups in total. The molecule has 1 aromatic carbocycles. The van der Waals surface area contributed by atoms with Gasteiger partial charge in [0.25, 0.3) is 0 Å². The second-order valence-corrected chi connectivity index (χ2v) is 4.51. The van der Waals surface area contributed by atoms with Gasteiger partial charge in [-0.1, -0.05) is 30.3 Å². The van der Waals surface area contributed by atoms with Crippen molar-refractivity contribution < 1.29 is 0 Å². The van der Waals surface area contributed by atoms with Gasteiger partial charge in [-0.05, 0) is 0 Å². The second-order valence-electron chi connectivity index (χ2n) is 4.51. The van der Waals surface area contributed by atoms with Crippen molar-refractivity contribution in [1.82, 2.24) is 19.7 Å². The number of benzene rings is 1. The molecule has 0 unspecified atom stereocenters. The van der Waals surface area contributed by atoms with E-state index in [0.29, 0.717) is 6.54 Å². The van der Waals surface area contributed by atoms with E-state index >= 15 is 0 Å². The van der Waals surface area contributed by atoms with Gasteiger partial charge in [-0.2, -0.15) is 5.10 Å². The Morgan fingerprint density at radius 2 is 1.80 bits per heavy atom. The van der Waals surface area contributed by atoms with Gasteiger partial charge in [-0.3, -0.25) is 4.68 Å². The third-order valence-electron chi connectivity index (χ3n) is 2.92. The van der Waals surface area contributed by atoms with Gasteiger partial charge in [0.1, 0.15) is 5.82 Å². The highest BCUT2D eigenvalue weighted by molar-refractivity contribution is 5.54. The summed E-state index contributed by atoms with van der Waals surface area (Å²) in [6, 6.07) is 11.9. The molecule has 5 heteroatoms. The number of aromatic nitrogens is 4. The first kappa shape index (κ1) is 12.3. The molecule has 0 fully saturated rings. The van der Waals surface area contributed by atoms with Gasteiger partial charge < -0.3 is 5.32 Å². The van der Waals surface area contributed by atoms with E-state index in [-0.39, 0.29) is 0 Å². The van der Waals surface area contributed by atoms with Crippen molar-refractivity contribution in [3.63, 3.8) is 0 Å². The Bertz CT molecular complexity index is 673. The molecule has 100 valence electrons. The fraction of sp³-hybridized carbons (Fsp3) is 0.133. The average Bonchev–Trinajstić information content (AvgIpc) is 2.92. The Hall–Kier alpha value is -2.69. The van der Waals surface area contributed by atoms with Crippen LogP contribution >= 0.6 is 0 Å². The largest absolute Gasteiger partial charge is 0.364 e. The summed E-state index contributed by atoms with van der Waals surface area (Å²) < 4.78 is 1.76. The van der Waals surface area contributed by atoms with Crippen LogP contribution in [0, 0.1) is 0 Å². The van der Waals surface area contributed by atoms with E-state index < -0.39 is 0 Å². The van der Waals surface area contributed by atoms with Crippen LogP contribution in [-0.2, 0) is 13.6 Å². The van der Waals surface area contributed by atoms with Crippen LogP contribution in [-0.4, -0.2) is 19.7 Å². The van der Waals surface area contributed by atoms with Crippen LogP contribution in [0.3, 0.4) is 0 Å². The van der Waals surface area contributed by atoms with E-state index in [0.717, 1.165) is 22.8 Å². The van der Waals surface area contributed by atoms with E-state index in [9.17, 15) is 0 Å². The molecule has 2 aromatic heterocycles. The number of nitrogens with zero attached hydrogens (tertiary/aromatic N) is 4. The molecule has 0 spiro atoms. The van der Waals surface area contributed by atoms with Crippen LogP contribution < -0.4 is 5.32 Å². The van der Waals surface area contributed by atoms with Crippen molar-refractivity contribution in [2.24, 2.45) is 7.05 Å². The Labute approximate surface area is 117 Å². The van der Waals surface area contributed by atoms with Crippen LogP contribution in [0.1, 0.15) is 5.56 Å². The number of nitrogens with one attached hydrogen (secondary N) is 1. The molecule has 3 aromatic rings. The van der Waals surface area contributed by atoms with Gasteiger partial charge in [-0.25, -0.2) is 9.97 Å². The normalized spacial score (nSPS) is 10.4. The highest BCUT2D eigenvalue weighted by atomic mass is 15.3. The van der Waals surface area contributed by atoms with Crippen molar-refractivity contribution in [3.05, 3.63) is 60.6 Å². The summed E-state index contributed by atoms with van der Waals surface area (Å²) in [4.78, 5) is 8.78. The maximum absolute atomic E-state index is 4.39. The molecule has 0 amide bonds. The first-order chi connectivity index (χ1) is 9.81. The van der Waals surface area contributed by atoms with Crippen LogP contribution in [0.4, 0.5) is 5.82 Å². The first-order valence-corrected chi connectivity index (χ1v) is 6.41. The van der Waals surface area contributed by atoms with Crippen molar-refractivity contribution in [1.29, 1.82) is 0 Å². The number of anilines is 1. The lowest BCUT2D eigenvalue weighted by Gasteiger charge is -2.04. The maximum atomic E-state index is 4.39. The second kappa shape index (κ2) is 5.52. The first-order valence-electron chi connectivity index (χ1n) is 6.41. The van der Waals surface area contributed by atoms with Gasteiger partial charge in [0.05, 0.1) is 0 Å². The monoisotopic (exact) mass is 265 g/mol. The van der Waals surface area contributed by atoms with Gasteiger partial charge >= 0.3 is 0 Å². The SMILES string of the molecule is Cn1ccc(NCc2cnc(-c3ccccc3)nc2)n1. The van der Waals surface area contributed by atoms with Crippen LogP contribution in [0.15, 0.2) is 55.0 Å². The molecule has 0 bridgehead atoms. The lowest BCUT2D eigenvalue weighted by atomic mass is 10.2. The van der Waals surface area contributed by atoms with Crippen LogP contribution in [0.2, 0.25) is 0 Å². The highest BCUT2D eigenvalue weighted by Gasteiger charge is 2.01. The minimum absolute atomic E-state index is 0.659. The van der Waals surface area contributed by atoms with Crippen molar-refractivity contribution in [2.75, 3.05) is 5.32 Å². The zero-order valence-electron chi connectivity index (χ0n) is 11.2. The minimum Gasteiger partial charge on any atom is -0.364 e.